The topological polar surface area (TPSA) is 53.4 Å². The van der Waals surface area contributed by atoms with Gasteiger partial charge in [0.1, 0.15) is 5.01 Å². The highest BCUT2D eigenvalue weighted by Gasteiger charge is 2.32. The van der Waals surface area contributed by atoms with Crippen LogP contribution in [0.5, 0.6) is 0 Å². The molecule has 0 spiro atoms. The number of amides is 1. The van der Waals surface area contributed by atoms with Crippen LogP contribution in [0.2, 0.25) is 0 Å². The van der Waals surface area contributed by atoms with Crippen molar-refractivity contribution in [2.45, 2.75) is 31.8 Å². The van der Waals surface area contributed by atoms with Crippen molar-refractivity contribution in [1.82, 2.24) is 9.88 Å². The monoisotopic (exact) mass is 372 g/mol. The molecule has 4 nitrogen and oxygen atoms in total. The first-order valence-corrected chi connectivity index (χ1v) is 10.2. The van der Waals surface area contributed by atoms with Gasteiger partial charge in [-0.3, -0.25) is 4.79 Å². The summed E-state index contributed by atoms with van der Waals surface area (Å²) in [5, 5.41) is 11.3. The summed E-state index contributed by atoms with van der Waals surface area (Å²) in [7, 11) is 0. The second-order valence-electron chi connectivity index (χ2n) is 6.52. The summed E-state index contributed by atoms with van der Waals surface area (Å²) < 4.78 is 1.16. The number of fused-ring (bicyclic) bond motifs is 1. The van der Waals surface area contributed by atoms with Crippen molar-refractivity contribution in [3.8, 4) is 9.88 Å². The summed E-state index contributed by atoms with van der Waals surface area (Å²) in [5.74, 6) is 0.0653. The maximum absolute atomic E-state index is 12.8. The minimum Gasteiger partial charge on any atom is -0.390 e. The Morgan fingerprint density at radius 2 is 1.96 bits per heavy atom. The summed E-state index contributed by atoms with van der Waals surface area (Å²) in [6, 6.07) is 12.0. The van der Waals surface area contributed by atoms with E-state index in [9.17, 15) is 9.90 Å². The van der Waals surface area contributed by atoms with E-state index in [1.54, 1.807) is 11.3 Å². The fraction of sp³-hybridized carbons (Fsp3) is 0.368. The number of para-hydroxylation sites is 1. The smallest absolute Gasteiger partial charge is 0.263 e. The maximum atomic E-state index is 12.8. The molecule has 3 aromatic rings. The Morgan fingerprint density at radius 3 is 2.68 bits per heavy atom. The number of aliphatic hydroxyl groups is 1. The molecule has 0 unspecified atom stereocenters. The Balaban J connectivity index is 1.52. The fourth-order valence-corrected chi connectivity index (χ4v) is 5.18. The Bertz CT molecular complexity index is 874. The highest BCUT2D eigenvalue weighted by Crippen LogP contribution is 2.35. The van der Waals surface area contributed by atoms with Gasteiger partial charge in [-0.25, -0.2) is 4.98 Å². The number of nitrogens with zero attached hydrogens (tertiary/aromatic N) is 2. The molecule has 2 aromatic heterocycles. The second-order valence-corrected chi connectivity index (χ2v) is 8.64. The van der Waals surface area contributed by atoms with Gasteiger partial charge in [0.2, 0.25) is 0 Å². The van der Waals surface area contributed by atoms with Crippen LogP contribution in [0.15, 0.2) is 36.4 Å². The number of aromatic nitrogens is 1. The van der Waals surface area contributed by atoms with Gasteiger partial charge >= 0.3 is 0 Å². The van der Waals surface area contributed by atoms with Gasteiger partial charge in [0.25, 0.3) is 5.91 Å². The van der Waals surface area contributed by atoms with Crippen LogP contribution < -0.4 is 0 Å². The molecule has 4 rings (SSSR count). The molecule has 6 heteroatoms. The lowest BCUT2D eigenvalue weighted by molar-refractivity contribution is -0.0192. The molecule has 3 heterocycles. The van der Waals surface area contributed by atoms with Crippen LogP contribution in [-0.2, 0) is 0 Å². The predicted molar refractivity (Wildman–Crippen MR) is 103 cm³/mol. The molecular formula is C19H20N2O2S2. The molecule has 0 bridgehead atoms. The number of rotatable bonds is 3. The minimum absolute atomic E-state index is 0.0653. The first-order valence-electron chi connectivity index (χ1n) is 8.55. The van der Waals surface area contributed by atoms with Gasteiger partial charge in [0.15, 0.2) is 0 Å². The molecule has 1 saturated heterocycles. The van der Waals surface area contributed by atoms with E-state index in [0.29, 0.717) is 25.9 Å². The molecule has 1 amide bonds. The third kappa shape index (κ3) is 3.21. The number of hydrogen-bond acceptors (Lipinski definition) is 5. The van der Waals surface area contributed by atoms with Gasteiger partial charge in [-0.05, 0) is 43.5 Å². The number of likely N-dealkylation sites (tertiary alicyclic amines) is 1. The molecule has 0 aliphatic carbocycles. The highest BCUT2D eigenvalue weighted by molar-refractivity contribution is 7.26. The molecular weight excluding hydrogens is 352 g/mol. The Morgan fingerprint density at radius 1 is 1.20 bits per heavy atom. The van der Waals surface area contributed by atoms with Gasteiger partial charge in [0.05, 0.1) is 25.6 Å². The van der Waals surface area contributed by atoms with Crippen LogP contribution >= 0.6 is 22.7 Å². The van der Waals surface area contributed by atoms with Crippen molar-refractivity contribution in [2.24, 2.45) is 0 Å². The van der Waals surface area contributed by atoms with Gasteiger partial charge in [-0.2, -0.15) is 0 Å². The van der Waals surface area contributed by atoms with Crippen molar-refractivity contribution in [3.63, 3.8) is 0 Å². The normalized spacial score (nSPS) is 17.1. The molecule has 0 atom stereocenters. The van der Waals surface area contributed by atoms with Crippen LogP contribution in [0.25, 0.3) is 20.1 Å². The number of thiazole rings is 1. The third-order valence-corrected chi connectivity index (χ3v) is 7.24. The highest BCUT2D eigenvalue weighted by atomic mass is 32.1. The molecule has 0 saturated carbocycles. The zero-order chi connectivity index (χ0) is 17.4. The van der Waals surface area contributed by atoms with Crippen LogP contribution in [-0.4, -0.2) is 39.6 Å². The third-order valence-electron chi connectivity index (χ3n) is 4.96. The van der Waals surface area contributed by atoms with Gasteiger partial charge in [-0.1, -0.05) is 19.1 Å². The van der Waals surface area contributed by atoms with E-state index in [0.717, 1.165) is 31.4 Å². The van der Waals surface area contributed by atoms with E-state index in [1.165, 1.54) is 11.3 Å². The molecule has 1 N–H and O–H groups in total. The summed E-state index contributed by atoms with van der Waals surface area (Å²) in [5.41, 5.74) is 0.400. The minimum atomic E-state index is -0.599. The molecule has 0 radical (unpaired) electrons. The Kier molecular flexibility index (Phi) is 4.35. The van der Waals surface area contributed by atoms with Crippen LogP contribution in [0.1, 0.15) is 35.9 Å². The second kappa shape index (κ2) is 6.52. The number of carbonyl (C=O) groups is 1. The standard InChI is InChI=1S/C19H20N2O2S2/c1-2-19(23)9-11-21(12-10-19)18(22)16-8-7-15(24-16)17-20-13-5-3-4-6-14(13)25-17/h3-8,23H,2,9-12H2,1H3. The van der Waals surface area contributed by atoms with Crippen molar-refractivity contribution in [1.29, 1.82) is 0 Å². The van der Waals surface area contributed by atoms with E-state index in [-0.39, 0.29) is 5.91 Å². The first kappa shape index (κ1) is 16.7. The molecule has 1 aromatic carbocycles. The lowest BCUT2D eigenvalue weighted by atomic mass is 9.89. The number of piperidine rings is 1. The van der Waals surface area contributed by atoms with Gasteiger partial charge in [0, 0.05) is 13.1 Å². The maximum Gasteiger partial charge on any atom is 0.263 e. The van der Waals surface area contributed by atoms with E-state index in [4.69, 9.17) is 0 Å². The van der Waals surface area contributed by atoms with Crippen LogP contribution in [0.4, 0.5) is 0 Å². The fourth-order valence-electron chi connectivity index (χ4n) is 3.18. The average molecular weight is 373 g/mol. The SMILES string of the molecule is CCC1(O)CCN(C(=O)c2ccc(-c3nc4ccccc4s3)s2)CC1. The Hall–Kier alpha value is -1.76. The van der Waals surface area contributed by atoms with Crippen LogP contribution in [0, 0.1) is 0 Å². The number of benzene rings is 1. The summed E-state index contributed by atoms with van der Waals surface area (Å²) in [6.07, 6.45) is 2.06. The lowest BCUT2D eigenvalue weighted by Gasteiger charge is -2.37. The molecule has 25 heavy (non-hydrogen) atoms. The predicted octanol–water partition coefficient (Wildman–Crippen LogP) is 4.40. The first-order chi connectivity index (χ1) is 12.1. The van der Waals surface area contributed by atoms with Crippen molar-refractivity contribution in [2.75, 3.05) is 13.1 Å². The van der Waals surface area contributed by atoms with Crippen molar-refractivity contribution >= 4 is 38.8 Å². The largest absolute Gasteiger partial charge is 0.390 e. The van der Waals surface area contributed by atoms with Gasteiger partial charge < -0.3 is 10.0 Å². The Labute approximate surface area is 154 Å². The van der Waals surface area contributed by atoms with E-state index < -0.39 is 5.60 Å². The van der Waals surface area contributed by atoms with Gasteiger partial charge in [-0.15, -0.1) is 22.7 Å². The number of carbonyl (C=O) groups excluding carboxylic acids is 1. The molecule has 1 fully saturated rings. The van der Waals surface area contributed by atoms with E-state index >= 15 is 0 Å². The van der Waals surface area contributed by atoms with E-state index in [2.05, 4.69) is 11.1 Å². The van der Waals surface area contributed by atoms with Crippen molar-refractivity contribution in [3.05, 3.63) is 41.3 Å². The summed E-state index contributed by atoms with van der Waals surface area (Å²) in [6.45, 7) is 3.25. The number of thiophene rings is 1. The molecule has 1 aliphatic heterocycles. The number of hydrogen-bond donors (Lipinski definition) is 1. The summed E-state index contributed by atoms with van der Waals surface area (Å²) >= 11 is 3.16. The molecule has 1 aliphatic rings. The average Bonchev–Trinajstić information content (AvgIpc) is 3.28. The van der Waals surface area contributed by atoms with Crippen molar-refractivity contribution < 1.29 is 9.90 Å². The summed E-state index contributed by atoms with van der Waals surface area (Å²) in [4.78, 5) is 21.1. The zero-order valence-electron chi connectivity index (χ0n) is 14.1. The van der Waals surface area contributed by atoms with Crippen LogP contribution in [0.3, 0.4) is 0 Å². The molecule has 130 valence electrons. The zero-order valence-corrected chi connectivity index (χ0v) is 15.7. The lowest BCUT2D eigenvalue weighted by Crippen LogP contribution is -2.46. The van der Waals surface area contributed by atoms with E-state index in [1.807, 2.05) is 42.2 Å². The quantitative estimate of drug-likeness (QED) is 0.741.